The third-order valence-corrected chi connectivity index (χ3v) is 4.26. The number of hydrogen-bond donors (Lipinski definition) is 0. The fourth-order valence-electron chi connectivity index (χ4n) is 2.03. The van der Waals surface area contributed by atoms with Crippen LogP contribution in [-0.2, 0) is 4.74 Å². The SMILES string of the molecule is C1COCC(C2CCCS2)C1. The van der Waals surface area contributed by atoms with Crippen LogP contribution in [0.2, 0.25) is 0 Å². The van der Waals surface area contributed by atoms with Crippen molar-refractivity contribution >= 4 is 11.8 Å². The van der Waals surface area contributed by atoms with E-state index in [0.717, 1.165) is 24.4 Å². The first-order chi connectivity index (χ1) is 5.47. The Morgan fingerprint density at radius 2 is 2.18 bits per heavy atom. The Balaban J connectivity index is 1.82. The molecule has 0 saturated carbocycles. The molecular formula is C9H16OS. The second-order valence-electron chi connectivity index (χ2n) is 3.53. The van der Waals surface area contributed by atoms with Crippen LogP contribution in [0, 0.1) is 5.92 Å². The summed E-state index contributed by atoms with van der Waals surface area (Å²) in [5.74, 6) is 2.28. The molecule has 2 aliphatic heterocycles. The van der Waals surface area contributed by atoms with Crippen molar-refractivity contribution in [2.45, 2.75) is 30.9 Å². The second-order valence-corrected chi connectivity index (χ2v) is 4.88. The highest BCUT2D eigenvalue weighted by molar-refractivity contribution is 8.00. The van der Waals surface area contributed by atoms with Crippen LogP contribution in [0.4, 0.5) is 0 Å². The van der Waals surface area contributed by atoms with Crippen LogP contribution in [0.1, 0.15) is 25.7 Å². The van der Waals surface area contributed by atoms with E-state index in [0.29, 0.717) is 0 Å². The zero-order valence-electron chi connectivity index (χ0n) is 6.92. The van der Waals surface area contributed by atoms with Crippen LogP contribution >= 0.6 is 11.8 Å². The summed E-state index contributed by atoms with van der Waals surface area (Å²) in [7, 11) is 0. The number of thioether (sulfide) groups is 1. The highest BCUT2D eigenvalue weighted by Gasteiger charge is 2.26. The van der Waals surface area contributed by atoms with Gasteiger partial charge in [0.1, 0.15) is 0 Å². The van der Waals surface area contributed by atoms with Crippen LogP contribution < -0.4 is 0 Å². The average Bonchev–Trinajstić information content (AvgIpc) is 2.58. The molecule has 0 aliphatic carbocycles. The summed E-state index contributed by atoms with van der Waals surface area (Å²) in [5.41, 5.74) is 0. The van der Waals surface area contributed by atoms with Crippen molar-refractivity contribution in [1.29, 1.82) is 0 Å². The van der Waals surface area contributed by atoms with Gasteiger partial charge in [-0.1, -0.05) is 0 Å². The molecule has 2 heteroatoms. The Morgan fingerprint density at radius 3 is 2.82 bits per heavy atom. The zero-order chi connectivity index (χ0) is 7.52. The maximum absolute atomic E-state index is 5.48. The third-order valence-electron chi connectivity index (χ3n) is 2.69. The van der Waals surface area contributed by atoms with Gasteiger partial charge in [0, 0.05) is 11.9 Å². The van der Waals surface area contributed by atoms with Crippen molar-refractivity contribution in [3.63, 3.8) is 0 Å². The molecule has 2 fully saturated rings. The Morgan fingerprint density at radius 1 is 1.18 bits per heavy atom. The first-order valence-electron chi connectivity index (χ1n) is 4.66. The van der Waals surface area contributed by atoms with Crippen molar-refractivity contribution in [3.05, 3.63) is 0 Å². The first-order valence-corrected chi connectivity index (χ1v) is 5.71. The lowest BCUT2D eigenvalue weighted by Crippen LogP contribution is -2.25. The van der Waals surface area contributed by atoms with E-state index < -0.39 is 0 Å². The molecule has 0 aromatic carbocycles. The summed E-state index contributed by atoms with van der Waals surface area (Å²) < 4.78 is 5.48. The van der Waals surface area contributed by atoms with E-state index in [-0.39, 0.29) is 0 Å². The molecule has 2 atom stereocenters. The van der Waals surface area contributed by atoms with Gasteiger partial charge in [-0.15, -0.1) is 0 Å². The van der Waals surface area contributed by atoms with Gasteiger partial charge in [-0.25, -0.2) is 0 Å². The average molecular weight is 172 g/mol. The van der Waals surface area contributed by atoms with Crippen LogP contribution in [-0.4, -0.2) is 24.2 Å². The lowest BCUT2D eigenvalue weighted by Gasteiger charge is -2.26. The Hall–Kier alpha value is 0.310. The highest BCUT2D eigenvalue weighted by atomic mass is 32.2. The van der Waals surface area contributed by atoms with Gasteiger partial charge < -0.3 is 4.74 Å². The monoisotopic (exact) mass is 172 g/mol. The fourth-order valence-corrected chi connectivity index (χ4v) is 3.49. The Kier molecular flexibility index (Phi) is 2.75. The molecule has 0 aromatic rings. The Bertz CT molecular complexity index is 115. The minimum absolute atomic E-state index is 0.885. The van der Waals surface area contributed by atoms with Gasteiger partial charge in [-0.3, -0.25) is 0 Å². The minimum atomic E-state index is 0.885. The lowest BCUT2D eigenvalue weighted by atomic mass is 9.96. The predicted molar refractivity (Wildman–Crippen MR) is 49.0 cm³/mol. The van der Waals surface area contributed by atoms with Crippen molar-refractivity contribution < 1.29 is 4.74 Å². The molecule has 2 aliphatic rings. The van der Waals surface area contributed by atoms with Crippen LogP contribution in [0.15, 0.2) is 0 Å². The van der Waals surface area contributed by atoms with E-state index in [1.165, 1.54) is 31.4 Å². The van der Waals surface area contributed by atoms with Crippen LogP contribution in [0.3, 0.4) is 0 Å². The molecule has 64 valence electrons. The summed E-state index contributed by atoms with van der Waals surface area (Å²) in [4.78, 5) is 0. The van der Waals surface area contributed by atoms with Gasteiger partial charge in [-0.05, 0) is 37.4 Å². The maximum Gasteiger partial charge on any atom is 0.0504 e. The van der Waals surface area contributed by atoms with E-state index in [4.69, 9.17) is 4.74 Å². The number of rotatable bonds is 1. The lowest BCUT2D eigenvalue weighted by molar-refractivity contribution is 0.0538. The predicted octanol–water partition coefficient (Wildman–Crippen LogP) is 2.31. The minimum Gasteiger partial charge on any atom is -0.381 e. The molecule has 1 nitrogen and oxygen atoms in total. The molecule has 0 radical (unpaired) electrons. The van der Waals surface area contributed by atoms with E-state index >= 15 is 0 Å². The summed E-state index contributed by atoms with van der Waals surface area (Å²) in [6.45, 7) is 2.05. The second kappa shape index (κ2) is 3.81. The quantitative estimate of drug-likeness (QED) is 0.600. The molecule has 2 heterocycles. The standard InChI is InChI=1S/C9H16OS/c1-3-8(7-10-5-1)9-4-2-6-11-9/h8-9H,1-7H2. The smallest absolute Gasteiger partial charge is 0.0504 e. The number of ether oxygens (including phenoxy) is 1. The van der Waals surface area contributed by atoms with Gasteiger partial charge in [0.05, 0.1) is 6.61 Å². The van der Waals surface area contributed by atoms with Gasteiger partial charge in [0.15, 0.2) is 0 Å². The van der Waals surface area contributed by atoms with Crippen LogP contribution in [0.25, 0.3) is 0 Å². The molecule has 2 unspecified atom stereocenters. The van der Waals surface area contributed by atoms with Gasteiger partial charge in [-0.2, -0.15) is 11.8 Å². The topological polar surface area (TPSA) is 9.23 Å². The van der Waals surface area contributed by atoms with Gasteiger partial charge in [0.2, 0.25) is 0 Å². The van der Waals surface area contributed by atoms with Crippen molar-refractivity contribution in [3.8, 4) is 0 Å². The Labute approximate surface area is 72.9 Å². The van der Waals surface area contributed by atoms with Gasteiger partial charge >= 0.3 is 0 Å². The molecule has 11 heavy (non-hydrogen) atoms. The number of hydrogen-bond acceptors (Lipinski definition) is 2. The molecule has 0 N–H and O–H groups in total. The summed E-state index contributed by atoms with van der Waals surface area (Å²) in [5, 5.41) is 0.940. The fraction of sp³-hybridized carbons (Fsp3) is 1.00. The van der Waals surface area contributed by atoms with Crippen molar-refractivity contribution in [1.82, 2.24) is 0 Å². The largest absolute Gasteiger partial charge is 0.381 e. The van der Waals surface area contributed by atoms with E-state index in [2.05, 4.69) is 11.8 Å². The summed E-state index contributed by atoms with van der Waals surface area (Å²) >= 11 is 2.17. The molecule has 2 saturated heterocycles. The van der Waals surface area contributed by atoms with Crippen molar-refractivity contribution in [2.75, 3.05) is 19.0 Å². The molecule has 0 aromatic heterocycles. The van der Waals surface area contributed by atoms with Gasteiger partial charge in [0.25, 0.3) is 0 Å². The van der Waals surface area contributed by atoms with E-state index in [1.807, 2.05) is 0 Å². The summed E-state index contributed by atoms with van der Waals surface area (Å²) in [6.07, 6.45) is 5.59. The first kappa shape index (κ1) is 7.93. The maximum atomic E-state index is 5.48. The molecular weight excluding hydrogens is 156 g/mol. The van der Waals surface area contributed by atoms with Crippen LogP contribution in [0.5, 0.6) is 0 Å². The zero-order valence-corrected chi connectivity index (χ0v) is 7.74. The highest BCUT2D eigenvalue weighted by Crippen LogP contribution is 2.35. The van der Waals surface area contributed by atoms with E-state index in [9.17, 15) is 0 Å². The molecule has 0 amide bonds. The molecule has 2 rings (SSSR count). The normalized spacial score (nSPS) is 39.3. The molecule has 0 bridgehead atoms. The summed E-state index contributed by atoms with van der Waals surface area (Å²) in [6, 6.07) is 0. The van der Waals surface area contributed by atoms with E-state index in [1.54, 1.807) is 0 Å². The molecule has 0 spiro atoms. The third kappa shape index (κ3) is 1.91. The van der Waals surface area contributed by atoms with Crippen molar-refractivity contribution in [2.24, 2.45) is 5.92 Å².